The van der Waals surface area contributed by atoms with Gasteiger partial charge in [0.1, 0.15) is 17.7 Å². The van der Waals surface area contributed by atoms with Gasteiger partial charge in [0.15, 0.2) is 5.78 Å². The van der Waals surface area contributed by atoms with E-state index in [0.717, 1.165) is 11.3 Å². The second-order valence-electron chi connectivity index (χ2n) is 5.31. The summed E-state index contributed by atoms with van der Waals surface area (Å²) in [6.45, 7) is 1.76. The molecule has 0 fully saturated rings. The van der Waals surface area contributed by atoms with E-state index in [4.69, 9.17) is 13.8 Å². The number of carbonyl (C=O) groups is 1. The lowest BCUT2D eigenvalue weighted by Gasteiger charge is -2.16. The second kappa shape index (κ2) is 8.25. The highest BCUT2D eigenvalue weighted by molar-refractivity contribution is 7.54. The second-order valence-corrected chi connectivity index (χ2v) is 7.58. The van der Waals surface area contributed by atoms with Crippen LogP contribution in [0.1, 0.15) is 18.4 Å². The van der Waals surface area contributed by atoms with Gasteiger partial charge in [-0.2, -0.15) is 0 Å². The number of ketones is 1. The zero-order valence-corrected chi connectivity index (χ0v) is 14.9. The van der Waals surface area contributed by atoms with Gasteiger partial charge in [-0.25, -0.2) is 0 Å². The van der Waals surface area contributed by atoms with Crippen molar-refractivity contribution in [3.8, 4) is 11.5 Å². The molecule has 5 nitrogen and oxygen atoms in total. The molecule has 0 aromatic heterocycles. The molecule has 6 heteroatoms. The lowest BCUT2D eigenvalue weighted by molar-refractivity contribution is -0.118. The van der Waals surface area contributed by atoms with E-state index in [-0.39, 0.29) is 11.9 Å². The molecular weight excluding hydrogens is 327 g/mol. The van der Waals surface area contributed by atoms with E-state index >= 15 is 0 Å². The van der Waals surface area contributed by atoms with Crippen molar-refractivity contribution in [2.75, 3.05) is 20.4 Å². The summed E-state index contributed by atoms with van der Waals surface area (Å²) in [5, 5.41) is 0. The van der Waals surface area contributed by atoms with Crippen LogP contribution in [-0.4, -0.2) is 26.2 Å². The van der Waals surface area contributed by atoms with Crippen LogP contribution in [0.25, 0.3) is 0 Å². The average molecular weight is 348 g/mol. The number of hydrogen-bond acceptors (Lipinski definition) is 5. The van der Waals surface area contributed by atoms with Crippen molar-refractivity contribution in [2.24, 2.45) is 0 Å². The zero-order chi connectivity index (χ0) is 17.6. The van der Waals surface area contributed by atoms with Crippen molar-refractivity contribution in [1.29, 1.82) is 0 Å². The number of Topliss-reactive ketones (excluding diaryl/α,β-unsaturated/α-hetero) is 1. The number of benzene rings is 2. The van der Waals surface area contributed by atoms with Gasteiger partial charge in [0, 0.05) is 20.1 Å². The van der Waals surface area contributed by atoms with Gasteiger partial charge in [-0.1, -0.05) is 37.3 Å². The Labute approximate surface area is 142 Å². The van der Waals surface area contributed by atoms with Crippen molar-refractivity contribution >= 4 is 13.4 Å². The van der Waals surface area contributed by atoms with Crippen molar-refractivity contribution in [3.05, 3.63) is 60.2 Å². The molecule has 0 saturated heterocycles. The van der Waals surface area contributed by atoms with Crippen LogP contribution in [0.4, 0.5) is 0 Å². The van der Waals surface area contributed by atoms with E-state index in [0.29, 0.717) is 5.75 Å². The fourth-order valence-corrected chi connectivity index (χ4v) is 3.25. The Morgan fingerprint density at radius 2 is 1.62 bits per heavy atom. The van der Waals surface area contributed by atoms with Gasteiger partial charge < -0.3 is 13.8 Å². The van der Waals surface area contributed by atoms with Crippen LogP contribution in [0.5, 0.6) is 11.5 Å². The maximum absolute atomic E-state index is 12.4. The number of para-hydroxylation sites is 1. The highest BCUT2D eigenvalue weighted by Crippen LogP contribution is 2.47. The minimum atomic E-state index is -3.36. The largest absolute Gasteiger partial charge is 0.457 e. The van der Waals surface area contributed by atoms with E-state index in [1.54, 1.807) is 13.0 Å². The number of carbonyl (C=O) groups excluding carboxylic acids is 1. The molecular formula is C18H21O5P. The Morgan fingerprint density at radius 1 is 1.00 bits per heavy atom. The molecule has 0 N–H and O–H groups in total. The highest BCUT2D eigenvalue weighted by atomic mass is 31.2. The SMILES string of the molecule is COP(=O)(CC(=O)C(C)c1cccc(Oc2ccccc2)c1)OC. The summed E-state index contributed by atoms with van der Waals surface area (Å²) in [6.07, 6.45) is -0.259. The smallest absolute Gasteiger partial charge is 0.337 e. The van der Waals surface area contributed by atoms with Crippen molar-refractivity contribution in [3.63, 3.8) is 0 Å². The molecule has 2 aromatic carbocycles. The average Bonchev–Trinajstić information content (AvgIpc) is 2.62. The van der Waals surface area contributed by atoms with Gasteiger partial charge in [0.2, 0.25) is 0 Å². The van der Waals surface area contributed by atoms with E-state index < -0.39 is 13.5 Å². The van der Waals surface area contributed by atoms with Crippen LogP contribution in [-0.2, 0) is 18.4 Å². The summed E-state index contributed by atoms with van der Waals surface area (Å²) >= 11 is 0. The summed E-state index contributed by atoms with van der Waals surface area (Å²) in [5.74, 6) is 0.707. The third kappa shape index (κ3) is 4.78. The monoisotopic (exact) mass is 348 g/mol. The molecule has 0 saturated carbocycles. The molecule has 24 heavy (non-hydrogen) atoms. The molecule has 128 valence electrons. The summed E-state index contributed by atoms with van der Waals surface area (Å²) in [6, 6.07) is 16.7. The first-order chi connectivity index (χ1) is 11.5. The Morgan fingerprint density at radius 3 is 2.25 bits per heavy atom. The van der Waals surface area contributed by atoms with Crippen LogP contribution in [0.15, 0.2) is 54.6 Å². The van der Waals surface area contributed by atoms with Gasteiger partial charge in [0.05, 0.1) is 0 Å². The molecule has 0 aliphatic rings. The molecule has 1 unspecified atom stereocenters. The number of rotatable bonds is 8. The normalized spacial score (nSPS) is 12.6. The zero-order valence-electron chi connectivity index (χ0n) is 14.0. The van der Waals surface area contributed by atoms with Crippen LogP contribution < -0.4 is 4.74 Å². The van der Waals surface area contributed by atoms with E-state index in [1.807, 2.05) is 48.5 Å². The Balaban J connectivity index is 2.12. The Kier molecular flexibility index (Phi) is 6.32. The first kappa shape index (κ1) is 18.4. The molecule has 0 radical (unpaired) electrons. The van der Waals surface area contributed by atoms with E-state index in [2.05, 4.69) is 0 Å². The van der Waals surface area contributed by atoms with Gasteiger partial charge in [-0.3, -0.25) is 9.36 Å². The fraction of sp³-hybridized carbons (Fsp3) is 0.278. The first-order valence-electron chi connectivity index (χ1n) is 7.53. The maximum Gasteiger partial charge on any atom is 0.337 e. The summed E-state index contributed by atoms with van der Waals surface area (Å²) in [7, 11) is -0.810. The van der Waals surface area contributed by atoms with Crippen LogP contribution in [0.2, 0.25) is 0 Å². The van der Waals surface area contributed by atoms with Gasteiger partial charge in [-0.05, 0) is 29.8 Å². The molecule has 0 amide bonds. The van der Waals surface area contributed by atoms with Crippen molar-refractivity contribution < 1.29 is 23.1 Å². The van der Waals surface area contributed by atoms with Gasteiger partial charge >= 0.3 is 7.60 Å². The van der Waals surface area contributed by atoms with Crippen LogP contribution >= 0.6 is 7.60 Å². The predicted octanol–water partition coefficient (Wildman–Crippen LogP) is 4.64. The number of ether oxygens (including phenoxy) is 1. The standard InChI is InChI=1S/C18H21O5P/c1-14(18(19)13-24(20,21-2)22-3)15-8-7-11-17(12-15)23-16-9-5-4-6-10-16/h4-12,14H,13H2,1-3H3. The molecule has 2 rings (SSSR count). The maximum atomic E-state index is 12.4. The quantitative estimate of drug-likeness (QED) is 0.651. The third-order valence-corrected chi connectivity index (χ3v) is 5.54. The summed E-state index contributed by atoms with van der Waals surface area (Å²) in [5.41, 5.74) is 0.784. The van der Waals surface area contributed by atoms with Crippen LogP contribution in [0.3, 0.4) is 0 Å². The summed E-state index contributed by atoms with van der Waals surface area (Å²) in [4.78, 5) is 12.4. The first-order valence-corrected chi connectivity index (χ1v) is 9.26. The molecule has 0 heterocycles. The lowest BCUT2D eigenvalue weighted by atomic mass is 9.97. The van der Waals surface area contributed by atoms with E-state index in [9.17, 15) is 9.36 Å². The van der Waals surface area contributed by atoms with Crippen molar-refractivity contribution in [2.45, 2.75) is 12.8 Å². The van der Waals surface area contributed by atoms with E-state index in [1.165, 1.54) is 14.2 Å². The van der Waals surface area contributed by atoms with Crippen molar-refractivity contribution in [1.82, 2.24) is 0 Å². The third-order valence-electron chi connectivity index (χ3n) is 3.73. The van der Waals surface area contributed by atoms with Crippen LogP contribution in [0, 0.1) is 0 Å². The molecule has 0 aliphatic carbocycles. The molecule has 0 aliphatic heterocycles. The Hall–Kier alpha value is -1.94. The number of hydrogen-bond donors (Lipinski definition) is 0. The highest BCUT2D eigenvalue weighted by Gasteiger charge is 2.29. The topological polar surface area (TPSA) is 61.8 Å². The lowest BCUT2D eigenvalue weighted by Crippen LogP contribution is -2.15. The Bertz CT molecular complexity index is 721. The predicted molar refractivity (Wildman–Crippen MR) is 92.9 cm³/mol. The van der Waals surface area contributed by atoms with Gasteiger partial charge in [0.25, 0.3) is 0 Å². The molecule has 1 atom stereocenters. The summed E-state index contributed by atoms with van der Waals surface area (Å²) < 4.78 is 27.6. The minimum Gasteiger partial charge on any atom is -0.457 e. The molecule has 0 spiro atoms. The molecule has 2 aromatic rings. The molecule has 0 bridgehead atoms. The minimum absolute atomic E-state index is 0.209. The fourth-order valence-electron chi connectivity index (χ4n) is 2.19. The van der Waals surface area contributed by atoms with Gasteiger partial charge in [-0.15, -0.1) is 0 Å².